The van der Waals surface area contributed by atoms with E-state index in [1.165, 1.54) is 16.9 Å². The number of rotatable bonds is 5. The summed E-state index contributed by atoms with van der Waals surface area (Å²) in [6, 6.07) is 7.94. The molecule has 0 saturated heterocycles. The van der Waals surface area contributed by atoms with Crippen molar-refractivity contribution in [2.24, 2.45) is 0 Å². The van der Waals surface area contributed by atoms with Gasteiger partial charge in [-0.3, -0.25) is 4.79 Å². The number of carbonyl (C=O) groups excluding carboxylic acids is 1. The van der Waals surface area contributed by atoms with E-state index in [-0.39, 0.29) is 5.91 Å². The number of hydrogen-bond acceptors (Lipinski definition) is 5. The summed E-state index contributed by atoms with van der Waals surface area (Å²) in [6.45, 7) is 4.08. The fourth-order valence-electron chi connectivity index (χ4n) is 1.50. The van der Waals surface area contributed by atoms with Crippen LogP contribution in [0.1, 0.15) is 18.1 Å². The van der Waals surface area contributed by atoms with Gasteiger partial charge in [0.2, 0.25) is 11.0 Å². The van der Waals surface area contributed by atoms with Crippen molar-refractivity contribution in [1.29, 1.82) is 0 Å². The Morgan fingerprint density at radius 1 is 1.32 bits per heavy atom. The molecule has 0 aliphatic rings. The van der Waals surface area contributed by atoms with Crippen LogP contribution in [-0.4, -0.2) is 21.9 Å². The first-order valence-electron chi connectivity index (χ1n) is 5.99. The number of nitrogens with zero attached hydrogens (tertiary/aromatic N) is 2. The van der Waals surface area contributed by atoms with E-state index in [1.54, 1.807) is 11.8 Å². The Bertz CT molecular complexity index is 551. The van der Waals surface area contributed by atoms with Gasteiger partial charge in [-0.15, -0.1) is 10.2 Å². The number of thioether (sulfide) groups is 1. The molecule has 1 heterocycles. The smallest absolute Gasteiger partial charge is 0.230 e. The number of benzene rings is 1. The van der Waals surface area contributed by atoms with Crippen molar-refractivity contribution in [3.05, 3.63) is 35.4 Å². The number of amides is 1. The average Bonchev–Trinajstić information content (AvgIpc) is 2.80. The van der Waals surface area contributed by atoms with E-state index in [0.29, 0.717) is 11.6 Å². The monoisotopic (exact) mass is 293 g/mol. The lowest BCUT2D eigenvalue weighted by Crippen LogP contribution is -2.14. The minimum atomic E-state index is -0.0620. The molecule has 0 spiro atoms. The second-order valence-corrected chi connectivity index (χ2v) is 6.51. The van der Waals surface area contributed by atoms with Crippen LogP contribution in [0.4, 0.5) is 5.13 Å². The maximum Gasteiger partial charge on any atom is 0.230 e. The van der Waals surface area contributed by atoms with E-state index >= 15 is 0 Å². The average molecular weight is 293 g/mol. The highest BCUT2D eigenvalue weighted by atomic mass is 32.2. The zero-order valence-electron chi connectivity index (χ0n) is 10.8. The molecule has 0 aliphatic carbocycles. The van der Waals surface area contributed by atoms with E-state index in [4.69, 9.17) is 0 Å². The van der Waals surface area contributed by atoms with Crippen LogP contribution in [0.15, 0.2) is 28.6 Å². The summed E-state index contributed by atoms with van der Waals surface area (Å²) < 4.78 is 0.883. The van der Waals surface area contributed by atoms with Crippen LogP contribution in [0.25, 0.3) is 0 Å². The predicted molar refractivity (Wildman–Crippen MR) is 79.8 cm³/mol. The number of anilines is 1. The van der Waals surface area contributed by atoms with E-state index in [2.05, 4.69) is 22.4 Å². The van der Waals surface area contributed by atoms with Crippen LogP contribution in [-0.2, 0) is 11.2 Å². The van der Waals surface area contributed by atoms with Crippen molar-refractivity contribution in [3.8, 4) is 0 Å². The summed E-state index contributed by atoms with van der Waals surface area (Å²) in [5.74, 6) is 0.888. The Hall–Kier alpha value is -1.40. The van der Waals surface area contributed by atoms with Crippen molar-refractivity contribution in [1.82, 2.24) is 10.2 Å². The van der Waals surface area contributed by atoms with Gasteiger partial charge in [-0.1, -0.05) is 59.9 Å². The lowest BCUT2D eigenvalue weighted by Gasteiger charge is -2.01. The zero-order valence-corrected chi connectivity index (χ0v) is 12.5. The summed E-state index contributed by atoms with van der Waals surface area (Å²) in [5.41, 5.74) is 2.19. The number of hydrogen-bond donors (Lipinski definition) is 1. The van der Waals surface area contributed by atoms with Crippen molar-refractivity contribution in [3.63, 3.8) is 0 Å². The summed E-state index contributed by atoms with van der Waals surface area (Å²) >= 11 is 3.03. The Morgan fingerprint density at radius 3 is 2.74 bits per heavy atom. The van der Waals surface area contributed by atoms with Gasteiger partial charge in [0.15, 0.2) is 4.34 Å². The van der Waals surface area contributed by atoms with Gasteiger partial charge < -0.3 is 5.32 Å². The molecule has 2 rings (SSSR count). The molecule has 100 valence electrons. The maximum absolute atomic E-state index is 11.9. The molecular weight excluding hydrogens is 278 g/mol. The third-order valence-electron chi connectivity index (χ3n) is 2.41. The van der Waals surface area contributed by atoms with Gasteiger partial charge in [0.1, 0.15) is 0 Å². The van der Waals surface area contributed by atoms with Crippen molar-refractivity contribution < 1.29 is 4.79 Å². The molecule has 1 aromatic heterocycles. The minimum absolute atomic E-state index is 0.0620. The standard InChI is InChI=1S/C13H15N3OS2/c1-3-18-13-16-15-12(19-13)14-11(17)8-10-6-4-9(2)5-7-10/h4-7H,3,8H2,1-2H3,(H,14,15,17). The third kappa shape index (κ3) is 4.33. The Balaban J connectivity index is 1.91. The van der Waals surface area contributed by atoms with Crippen LogP contribution in [0.2, 0.25) is 0 Å². The molecule has 19 heavy (non-hydrogen) atoms. The fourth-order valence-corrected chi connectivity index (χ4v) is 3.16. The topological polar surface area (TPSA) is 54.9 Å². The second-order valence-electron chi connectivity index (χ2n) is 4.02. The minimum Gasteiger partial charge on any atom is -0.300 e. The maximum atomic E-state index is 11.9. The third-order valence-corrected chi connectivity index (χ3v) is 4.26. The highest BCUT2D eigenvalue weighted by Crippen LogP contribution is 2.24. The number of nitrogens with one attached hydrogen (secondary N) is 1. The molecule has 0 atom stereocenters. The number of carbonyl (C=O) groups is 1. The summed E-state index contributed by atoms with van der Waals surface area (Å²) in [7, 11) is 0. The van der Waals surface area contributed by atoms with Crippen LogP contribution in [0, 0.1) is 6.92 Å². The van der Waals surface area contributed by atoms with Gasteiger partial charge in [0.25, 0.3) is 0 Å². The SMILES string of the molecule is CCSc1nnc(NC(=O)Cc2ccc(C)cc2)s1. The lowest BCUT2D eigenvalue weighted by atomic mass is 10.1. The van der Waals surface area contributed by atoms with Gasteiger partial charge in [-0.05, 0) is 18.2 Å². The highest BCUT2D eigenvalue weighted by Gasteiger charge is 2.08. The predicted octanol–water partition coefficient (Wildman–Crippen LogP) is 3.14. The molecule has 0 unspecified atom stereocenters. The van der Waals surface area contributed by atoms with Crippen molar-refractivity contribution in [2.45, 2.75) is 24.6 Å². The fraction of sp³-hybridized carbons (Fsp3) is 0.308. The molecule has 1 N–H and O–H groups in total. The summed E-state index contributed by atoms with van der Waals surface area (Å²) in [6.07, 6.45) is 0.357. The zero-order chi connectivity index (χ0) is 13.7. The molecule has 2 aromatic rings. The first-order chi connectivity index (χ1) is 9.17. The first-order valence-corrected chi connectivity index (χ1v) is 7.79. The molecule has 4 nitrogen and oxygen atoms in total. The summed E-state index contributed by atoms with van der Waals surface area (Å²) in [4.78, 5) is 11.9. The van der Waals surface area contributed by atoms with Gasteiger partial charge in [-0.2, -0.15) is 0 Å². The molecule has 0 fully saturated rings. The molecule has 0 radical (unpaired) electrons. The highest BCUT2D eigenvalue weighted by molar-refractivity contribution is 8.01. The molecular formula is C13H15N3OS2. The van der Waals surface area contributed by atoms with E-state index in [1.807, 2.05) is 31.2 Å². The van der Waals surface area contributed by atoms with Gasteiger partial charge in [-0.25, -0.2) is 0 Å². The van der Waals surface area contributed by atoms with E-state index < -0.39 is 0 Å². The van der Waals surface area contributed by atoms with Crippen molar-refractivity contribution in [2.75, 3.05) is 11.1 Å². The van der Waals surface area contributed by atoms with Gasteiger partial charge >= 0.3 is 0 Å². The van der Waals surface area contributed by atoms with Gasteiger partial charge in [0.05, 0.1) is 6.42 Å². The van der Waals surface area contributed by atoms with E-state index in [9.17, 15) is 4.79 Å². The van der Waals surface area contributed by atoms with Crippen LogP contribution >= 0.6 is 23.1 Å². The largest absolute Gasteiger partial charge is 0.300 e. The molecule has 1 aromatic carbocycles. The normalized spacial score (nSPS) is 10.4. The number of aromatic nitrogens is 2. The molecule has 0 saturated carbocycles. The van der Waals surface area contributed by atoms with Crippen LogP contribution in [0.3, 0.4) is 0 Å². The van der Waals surface area contributed by atoms with Crippen molar-refractivity contribution >= 4 is 34.1 Å². The van der Waals surface area contributed by atoms with Crippen LogP contribution in [0.5, 0.6) is 0 Å². The van der Waals surface area contributed by atoms with E-state index in [0.717, 1.165) is 15.7 Å². The Morgan fingerprint density at radius 2 is 2.05 bits per heavy atom. The Labute approximate surface area is 120 Å². The first kappa shape index (κ1) is 14.0. The lowest BCUT2D eigenvalue weighted by molar-refractivity contribution is -0.115. The molecule has 1 amide bonds. The van der Waals surface area contributed by atoms with Gasteiger partial charge in [0, 0.05) is 0 Å². The summed E-state index contributed by atoms with van der Waals surface area (Å²) in [5, 5.41) is 11.3. The molecule has 0 bridgehead atoms. The second kappa shape index (κ2) is 6.68. The molecule has 6 heteroatoms. The Kier molecular flexibility index (Phi) is 4.93. The quantitative estimate of drug-likeness (QED) is 0.679. The number of aryl methyl sites for hydroxylation is 1. The molecule has 0 aliphatic heterocycles. The van der Waals surface area contributed by atoms with Crippen LogP contribution < -0.4 is 5.32 Å².